The van der Waals surface area contributed by atoms with Crippen molar-refractivity contribution in [3.05, 3.63) is 0 Å². The predicted molar refractivity (Wildman–Crippen MR) is 84.1 cm³/mol. The van der Waals surface area contributed by atoms with Crippen molar-refractivity contribution in [2.75, 3.05) is 33.2 Å². The Bertz CT molecular complexity index is 574. The Hall–Kier alpha value is -1.37. The van der Waals surface area contributed by atoms with E-state index < -0.39 is 27.5 Å². The highest BCUT2D eigenvalue weighted by molar-refractivity contribution is 7.89. The van der Waals surface area contributed by atoms with Gasteiger partial charge in [0.1, 0.15) is 5.37 Å². The maximum Gasteiger partial charge on any atom is 0.407 e. The molecule has 0 aliphatic carbocycles. The first kappa shape index (κ1) is 18.0. The monoisotopic (exact) mass is 344 g/mol. The lowest BCUT2D eigenvalue weighted by atomic mass is 10.1. The Kier molecular flexibility index (Phi) is 5.84. The summed E-state index contributed by atoms with van der Waals surface area (Å²) in [7, 11) is -1.77. The van der Waals surface area contributed by atoms with E-state index in [1.165, 1.54) is 9.21 Å². The van der Waals surface area contributed by atoms with Crippen LogP contribution in [0.25, 0.3) is 0 Å². The minimum Gasteiger partial charge on any atom is -0.465 e. The molecule has 2 fully saturated rings. The molecule has 1 amide bonds. The summed E-state index contributed by atoms with van der Waals surface area (Å²) in [5.74, 6) is 0. The third-order valence-corrected chi connectivity index (χ3v) is 7.07. The van der Waals surface area contributed by atoms with E-state index in [-0.39, 0.29) is 26.1 Å². The molecule has 2 rings (SSSR count). The molecule has 0 aromatic carbocycles. The van der Waals surface area contributed by atoms with Crippen LogP contribution in [-0.2, 0) is 10.0 Å². The number of rotatable bonds is 3. The van der Waals surface area contributed by atoms with Crippen molar-refractivity contribution < 1.29 is 18.3 Å². The summed E-state index contributed by atoms with van der Waals surface area (Å²) in [6, 6.07) is 1.38. The van der Waals surface area contributed by atoms with Crippen LogP contribution in [0.1, 0.15) is 32.1 Å². The number of sulfonamides is 1. The second-order valence-corrected chi connectivity index (χ2v) is 8.23. The molecule has 0 bridgehead atoms. The zero-order valence-electron chi connectivity index (χ0n) is 13.4. The van der Waals surface area contributed by atoms with Gasteiger partial charge < -0.3 is 10.0 Å². The van der Waals surface area contributed by atoms with Gasteiger partial charge in [0.15, 0.2) is 0 Å². The van der Waals surface area contributed by atoms with Gasteiger partial charge >= 0.3 is 6.09 Å². The fourth-order valence-electron chi connectivity index (χ4n) is 3.37. The second-order valence-electron chi connectivity index (χ2n) is 6.18. The molecule has 1 N–H and O–H groups in total. The molecule has 0 spiro atoms. The van der Waals surface area contributed by atoms with Crippen LogP contribution in [0.3, 0.4) is 0 Å². The molecular weight excluding hydrogens is 320 g/mol. The van der Waals surface area contributed by atoms with E-state index in [9.17, 15) is 13.2 Å². The Morgan fingerprint density at radius 2 is 2.00 bits per heavy atom. The van der Waals surface area contributed by atoms with Crippen molar-refractivity contribution in [2.24, 2.45) is 0 Å². The smallest absolute Gasteiger partial charge is 0.407 e. The number of likely N-dealkylation sites (tertiary alicyclic amines) is 1. The highest BCUT2D eigenvalue weighted by Gasteiger charge is 2.42. The van der Waals surface area contributed by atoms with Gasteiger partial charge in [-0.1, -0.05) is 12.8 Å². The molecule has 0 aromatic heterocycles. The molecule has 2 atom stereocenters. The third kappa shape index (κ3) is 3.94. The van der Waals surface area contributed by atoms with E-state index in [1.54, 1.807) is 0 Å². The number of hydrogen-bond acceptors (Lipinski definition) is 5. The van der Waals surface area contributed by atoms with Crippen molar-refractivity contribution in [1.82, 2.24) is 14.1 Å². The van der Waals surface area contributed by atoms with Gasteiger partial charge in [-0.2, -0.15) is 9.57 Å². The van der Waals surface area contributed by atoms with Gasteiger partial charge in [0.2, 0.25) is 10.0 Å². The number of nitriles is 1. The Morgan fingerprint density at radius 3 is 2.65 bits per heavy atom. The third-order valence-electron chi connectivity index (χ3n) is 4.65. The number of carboxylic acid groups (broad SMARTS) is 1. The lowest BCUT2D eigenvalue weighted by Gasteiger charge is -2.41. The van der Waals surface area contributed by atoms with Crippen LogP contribution < -0.4 is 0 Å². The van der Waals surface area contributed by atoms with Crippen LogP contribution >= 0.6 is 0 Å². The van der Waals surface area contributed by atoms with Gasteiger partial charge in [-0.05, 0) is 26.4 Å². The van der Waals surface area contributed by atoms with E-state index in [4.69, 9.17) is 10.4 Å². The average molecular weight is 344 g/mol. The van der Waals surface area contributed by atoms with Gasteiger partial charge in [0.05, 0.1) is 18.5 Å². The highest BCUT2D eigenvalue weighted by atomic mass is 32.2. The van der Waals surface area contributed by atoms with Gasteiger partial charge in [0, 0.05) is 19.6 Å². The molecule has 1 unspecified atom stereocenters. The number of carbonyl (C=O) groups is 1. The molecule has 2 heterocycles. The van der Waals surface area contributed by atoms with Crippen molar-refractivity contribution in [3.63, 3.8) is 0 Å². The minimum atomic E-state index is -3.59. The Labute approximate surface area is 137 Å². The fraction of sp³-hybridized carbons (Fsp3) is 0.857. The SMILES string of the molecule is CN1CCCCCC1S(=O)(=O)N1CCN(C(=O)O)C[C@@H]1CC#N. The first-order valence-corrected chi connectivity index (χ1v) is 9.44. The number of nitrogens with zero attached hydrogens (tertiary/aromatic N) is 4. The Morgan fingerprint density at radius 1 is 1.26 bits per heavy atom. The standard InChI is InChI=1S/C14H24N4O4S/c1-16-8-4-2-3-5-13(16)23(21,22)18-10-9-17(14(19)20)11-12(18)6-7-15/h12-13H,2-6,8-11H2,1H3,(H,19,20)/t12-,13?/m0/s1. The van der Waals surface area contributed by atoms with Gasteiger partial charge in [-0.25, -0.2) is 13.2 Å². The molecule has 130 valence electrons. The topological polar surface area (TPSA) is 105 Å². The van der Waals surface area contributed by atoms with Crippen LogP contribution in [0.15, 0.2) is 0 Å². The zero-order chi connectivity index (χ0) is 17.0. The quantitative estimate of drug-likeness (QED) is 0.809. The van der Waals surface area contributed by atoms with E-state index in [2.05, 4.69) is 0 Å². The van der Waals surface area contributed by atoms with E-state index >= 15 is 0 Å². The number of amides is 1. The Balaban J connectivity index is 2.22. The van der Waals surface area contributed by atoms with Gasteiger partial charge in [-0.3, -0.25) is 4.90 Å². The summed E-state index contributed by atoms with van der Waals surface area (Å²) in [6.45, 7) is 1.05. The van der Waals surface area contributed by atoms with Crippen LogP contribution in [0.2, 0.25) is 0 Å². The van der Waals surface area contributed by atoms with Crippen molar-refractivity contribution in [1.29, 1.82) is 5.26 Å². The highest BCUT2D eigenvalue weighted by Crippen LogP contribution is 2.26. The van der Waals surface area contributed by atoms with Crippen LogP contribution in [0, 0.1) is 11.3 Å². The maximum atomic E-state index is 13.1. The van der Waals surface area contributed by atoms with Gasteiger partial charge in [0.25, 0.3) is 0 Å². The van der Waals surface area contributed by atoms with Crippen molar-refractivity contribution >= 4 is 16.1 Å². The molecule has 2 aliphatic rings. The summed E-state index contributed by atoms with van der Waals surface area (Å²) in [4.78, 5) is 14.2. The first-order valence-electron chi connectivity index (χ1n) is 7.93. The lowest BCUT2D eigenvalue weighted by molar-refractivity contribution is 0.104. The normalized spacial score (nSPS) is 28.1. The maximum absolute atomic E-state index is 13.1. The van der Waals surface area contributed by atoms with E-state index in [0.717, 1.165) is 25.8 Å². The lowest BCUT2D eigenvalue weighted by Crippen LogP contribution is -2.59. The average Bonchev–Trinajstić information content (AvgIpc) is 2.72. The summed E-state index contributed by atoms with van der Waals surface area (Å²) < 4.78 is 27.5. The molecule has 0 saturated carbocycles. The van der Waals surface area contributed by atoms with E-state index in [1.807, 2.05) is 18.0 Å². The van der Waals surface area contributed by atoms with Gasteiger partial charge in [-0.15, -0.1) is 0 Å². The molecule has 2 saturated heterocycles. The summed E-state index contributed by atoms with van der Waals surface area (Å²) in [6.07, 6.45) is 2.38. The summed E-state index contributed by atoms with van der Waals surface area (Å²) in [5, 5.41) is 17.5. The van der Waals surface area contributed by atoms with Crippen LogP contribution in [0.5, 0.6) is 0 Å². The number of hydrogen-bond donors (Lipinski definition) is 1. The summed E-state index contributed by atoms with van der Waals surface area (Å²) >= 11 is 0. The first-order chi connectivity index (χ1) is 10.9. The largest absolute Gasteiger partial charge is 0.465 e. The molecule has 0 radical (unpaired) electrons. The minimum absolute atomic E-state index is 0.000551. The molecule has 23 heavy (non-hydrogen) atoms. The van der Waals surface area contributed by atoms with Crippen molar-refractivity contribution in [3.8, 4) is 6.07 Å². The molecule has 9 heteroatoms. The molecule has 0 aromatic rings. The second kappa shape index (κ2) is 7.47. The number of piperazine rings is 1. The fourth-order valence-corrected chi connectivity index (χ4v) is 5.60. The predicted octanol–water partition coefficient (Wildman–Crippen LogP) is 0.726. The van der Waals surface area contributed by atoms with Crippen LogP contribution in [-0.4, -0.2) is 78.4 Å². The molecule has 2 aliphatic heterocycles. The van der Waals surface area contributed by atoms with E-state index in [0.29, 0.717) is 6.42 Å². The van der Waals surface area contributed by atoms with Crippen LogP contribution in [0.4, 0.5) is 4.79 Å². The zero-order valence-corrected chi connectivity index (χ0v) is 14.2. The molecule has 8 nitrogen and oxygen atoms in total. The van der Waals surface area contributed by atoms with Crippen molar-refractivity contribution in [2.45, 2.75) is 43.5 Å². The summed E-state index contributed by atoms with van der Waals surface area (Å²) in [5.41, 5.74) is 0. The molecular formula is C14H24N4O4S.